The van der Waals surface area contributed by atoms with Crippen molar-refractivity contribution in [2.75, 3.05) is 0 Å². The molecule has 0 bridgehead atoms. The van der Waals surface area contributed by atoms with Gasteiger partial charge in [-0.1, -0.05) is 30.3 Å². The van der Waals surface area contributed by atoms with Gasteiger partial charge in [-0.15, -0.1) is 0 Å². The Balaban J connectivity index is 1.84. The van der Waals surface area contributed by atoms with E-state index in [9.17, 15) is 14.7 Å². The number of carboxylic acids is 1. The van der Waals surface area contributed by atoms with E-state index in [-0.39, 0.29) is 6.61 Å². The molecule has 0 amide bonds. The van der Waals surface area contributed by atoms with Gasteiger partial charge >= 0.3 is 5.97 Å². The number of hydrogen-bond acceptors (Lipinski definition) is 4. The molecule has 0 spiro atoms. The van der Waals surface area contributed by atoms with Crippen LogP contribution in [0.4, 0.5) is 0 Å². The van der Waals surface area contributed by atoms with E-state index >= 15 is 0 Å². The van der Waals surface area contributed by atoms with Crippen LogP contribution in [0.2, 0.25) is 0 Å². The molecule has 17 heavy (non-hydrogen) atoms. The fourth-order valence-electron chi connectivity index (χ4n) is 1.90. The van der Waals surface area contributed by atoms with Gasteiger partial charge in [0.25, 0.3) is 0 Å². The van der Waals surface area contributed by atoms with Crippen LogP contribution in [0.1, 0.15) is 18.4 Å². The zero-order chi connectivity index (χ0) is 12.3. The van der Waals surface area contributed by atoms with E-state index in [0.29, 0.717) is 12.8 Å². The Bertz CT molecular complexity index is 413. The molecule has 0 radical (unpaired) electrons. The standard InChI is InChI=1S/C13H14O4/c14-12(15)10-6-7-11(10)13(16)17-8-9-4-2-1-3-5-9/h1-5,10-11H,6-8H2,(H,14,15)/p-1/t10-,11+/m0/s1. The quantitative estimate of drug-likeness (QED) is 0.710. The number of aliphatic carboxylic acids is 1. The van der Waals surface area contributed by atoms with Gasteiger partial charge in [0, 0.05) is 11.9 Å². The van der Waals surface area contributed by atoms with Crippen LogP contribution in [-0.4, -0.2) is 11.9 Å². The molecular formula is C13H13O4-. The highest BCUT2D eigenvalue weighted by molar-refractivity contribution is 5.82. The topological polar surface area (TPSA) is 66.4 Å². The minimum Gasteiger partial charge on any atom is -0.550 e. The Morgan fingerprint density at radius 3 is 2.35 bits per heavy atom. The molecule has 2 rings (SSSR count). The summed E-state index contributed by atoms with van der Waals surface area (Å²) in [5.41, 5.74) is 0.894. The van der Waals surface area contributed by atoms with Crippen molar-refractivity contribution in [3.63, 3.8) is 0 Å². The van der Waals surface area contributed by atoms with Crippen molar-refractivity contribution in [3.05, 3.63) is 35.9 Å². The second kappa shape index (κ2) is 4.99. The molecule has 4 nitrogen and oxygen atoms in total. The van der Waals surface area contributed by atoms with Crippen molar-refractivity contribution >= 4 is 11.9 Å². The van der Waals surface area contributed by atoms with Gasteiger partial charge in [0.15, 0.2) is 0 Å². The van der Waals surface area contributed by atoms with E-state index in [1.165, 1.54) is 0 Å². The van der Waals surface area contributed by atoms with E-state index in [0.717, 1.165) is 5.56 Å². The van der Waals surface area contributed by atoms with Crippen LogP contribution in [0, 0.1) is 11.8 Å². The SMILES string of the molecule is O=C([O-])[C@H]1CC[C@H]1C(=O)OCc1ccccc1. The molecule has 0 aromatic heterocycles. The number of carboxylic acid groups (broad SMARTS) is 1. The van der Waals surface area contributed by atoms with Gasteiger partial charge in [-0.25, -0.2) is 0 Å². The van der Waals surface area contributed by atoms with Crippen molar-refractivity contribution in [1.82, 2.24) is 0 Å². The van der Waals surface area contributed by atoms with Gasteiger partial charge < -0.3 is 14.6 Å². The van der Waals surface area contributed by atoms with Crippen molar-refractivity contribution in [1.29, 1.82) is 0 Å². The highest BCUT2D eigenvalue weighted by Crippen LogP contribution is 2.34. The number of ether oxygens (including phenoxy) is 1. The van der Waals surface area contributed by atoms with Gasteiger partial charge in [0.2, 0.25) is 0 Å². The second-order valence-electron chi connectivity index (χ2n) is 4.20. The van der Waals surface area contributed by atoms with Crippen molar-refractivity contribution in [2.45, 2.75) is 19.4 Å². The van der Waals surface area contributed by atoms with Gasteiger partial charge in [-0.3, -0.25) is 4.79 Å². The van der Waals surface area contributed by atoms with E-state index in [1.807, 2.05) is 30.3 Å². The van der Waals surface area contributed by atoms with Gasteiger partial charge in [0.1, 0.15) is 6.61 Å². The van der Waals surface area contributed by atoms with Crippen molar-refractivity contribution in [3.8, 4) is 0 Å². The lowest BCUT2D eigenvalue weighted by atomic mass is 9.74. The van der Waals surface area contributed by atoms with Gasteiger partial charge in [-0.05, 0) is 18.4 Å². The van der Waals surface area contributed by atoms with Crippen LogP contribution in [0.25, 0.3) is 0 Å². The zero-order valence-corrected chi connectivity index (χ0v) is 9.30. The minimum absolute atomic E-state index is 0.190. The van der Waals surface area contributed by atoms with Crippen LogP contribution < -0.4 is 5.11 Å². The van der Waals surface area contributed by atoms with Crippen LogP contribution in [-0.2, 0) is 20.9 Å². The number of esters is 1. The molecule has 4 heteroatoms. The van der Waals surface area contributed by atoms with E-state index in [1.54, 1.807) is 0 Å². The van der Waals surface area contributed by atoms with Crippen molar-refractivity contribution in [2.24, 2.45) is 11.8 Å². The Labute approximate surface area is 99.2 Å². The summed E-state index contributed by atoms with van der Waals surface area (Å²) in [6.45, 7) is 0.190. The third-order valence-electron chi connectivity index (χ3n) is 3.10. The highest BCUT2D eigenvalue weighted by atomic mass is 16.5. The highest BCUT2D eigenvalue weighted by Gasteiger charge is 2.38. The molecule has 1 aromatic rings. The maximum Gasteiger partial charge on any atom is 0.309 e. The second-order valence-corrected chi connectivity index (χ2v) is 4.20. The molecule has 90 valence electrons. The molecular weight excluding hydrogens is 220 g/mol. The third-order valence-corrected chi connectivity index (χ3v) is 3.10. The third kappa shape index (κ3) is 2.64. The molecule has 1 saturated carbocycles. The minimum atomic E-state index is -1.15. The first-order chi connectivity index (χ1) is 8.18. The monoisotopic (exact) mass is 233 g/mol. The lowest BCUT2D eigenvalue weighted by molar-refractivity contribution is -0.316. The zero-order valence-electron chi connectivity index (χ0n) is 9.30. The summed E-state index contributed by atoms with van der Waals surface area (Å²) >= 11 is 0. The van der Waals surface area contributed by atoms with E-state index < -0.39 is 23.8 Å². The first kappa shape index (κ1) is 11.6. The summed E-state index contributed by atoms with van der Waals surface area (Å²) in [4.78, 5) is 22.3. The predicted octanol–water partition coefficient (Wildman–Crippen LogP) is 0.506. The Hall–Kier alpha value is -1.84. The summed E-state index contributed by atoms with van der Waals surface area (Å²) in [6.07, 6.45) is 1.08. The molecule has 0 aliphatic heterocycles. The van der Waals surface area contributed by atoms with Crippen LogP contribution in [0.5, 0.6) is 0 Å². The van der Waals surface area contributed by atoms with E-state index in [2.05, 4.69) is 0 Å². The van der Waals surface area contributed by atoms with Crippen LogP contribution >= 0.6 is 0 Å². The first-order valence-corrected chi connectivity index (χ1v) is 5.60. The Morgan fingerprint density at radius 2 is 1.82 bits per heavy atom. The maximum absolute atomic E-state index is 11.6. The molecule has 1 fully saturated rings. The Kier molecular flexibility index (Phi) is 3.42. The number of benzene rings is 1. The van der Waals surface area contributed by atoms with Gasteiger partial charge in [0.05, 0.1) is 5.92 Å². The number of carbonyl (C=O) groups is 2. The largest absolute Gasteiger partial charge is 0.550 e. The summed E-state index contributed by atoms with van der Waals surface area (Å²) in [5, 5.41) is 10.7. The predicted molar refractivity (Wildman–Crippen MR) is 57.5 cm³/mol. The van der Waals surface area contributed by atoms with Gasteiger partial charge in [-0.2, -0.15) is 0 Å². The van der Waals surface area contributed by atoms with Crippen LogP contribution in [0.3, 0.4) is 0 Å². The molecule has 1 aliphatic carbocycles. The fraction of sp³-hybridized carbons (Fsp3) is 0.385. The summed E-state index contributed by atoms with van der Waals surface area (Å²) < 4.78 is 5.08. The molecule has 0 heterocycles. The maximum atomic E-state index is 11.6. The molecule has 2 atom stereocenters. The Morgan fingerprint density at radius 1 is 1.18 bits per heavy atom. The molecule has 1 aliphatic rings. The summed E-state index contributed by atoms with van der Waals surface area (Å²) in [7, 11) is 0. The van der Waals surface area contributed by atoms with Crippen LogP contribution in [0.15, 0.2) is 30.3 Å². The first-order valence-electron chi connectivity index (χ1n) is 5.60. The lowest BCUT2D eigenvalue weighted by Crippen LogP contribution is -2.45. The molecule has 1 aromatic carbocycles. The fourth-order valence-corrected chi connectivity index (χ4v) is 1.90. The van der Waals surface area contributed by atoms with E-state index in [4.69, 9.17) is 4.74 Å². The van der Waals surface area contributed by atoms with Crippen molar-refractivity contribution < 1.29 is 19.4 Å². The molecule has 0 N–H and O–H groups in total. The number of hydrogen-bond donors (Lipinski definition) is 0. The number of rotatable bonds is 4. The molecule has 0 saturated heterocycles. The lowest BCUT2D eigenvalue weighted by Gasteiger charge is -2.35. The normalized spacial score (nSPS) is 22.6. The number of carbonyl (C=O) groups excluding carboxylic acids is 2. The average Bonchev–Trinajstić information content (AvgIpc) is 2.25. The summed E-state index contributed by atoms with van der Waals surface area (Å²) in [5.74, 6) is -2.78. The smallest absolute Gasteiger partial charge is 0.309 e. The summed E-state index contributed by atoms with van der Waals surface area (Å²) in [6, 6.07) is 9.30. The average molecular weight is 233 g/mol. The molecule has 0 unspecified atom stereocenters.